The summed E-state index contributed by atoms with van der Waals surface area (Å²) in [6.45, 7) is 1.86. The summed E-state index contributed by atoms with van der Waals surface area (Å²) < 4.78 is 0. The van der Waals surface area contributed by atoms with E-state index in [1.165, 1.54) is 23.9 Å². The lowest BCUT2D eigenvalue weighted by Crippen LogP contribution is -2.14. The minimum absolute atomic E-state index is 0.0332. The van der Waals surface area contributed by atoms with Crippen molar-refractivity contribution in [2.24, 2.45) is 0 Å². The zero-order valence-corrected chi connectivity index (χ0v) is 14.7. The number of anilines is 1. The molecule has 0 saturated heterocycles. The van der Waals surface area contributed by atoms with Gasteiger partial charge in [0.2, 0.25) is 0 Å². The number of hydrogen-bond donors (Lipinski definition) is 1. The van der Waals surface area contributed by atoms with Crippen molar-refractivity contribution in [3.05, 3.63) is 88.1 Å². The molecular formula is C19H15N3O3S. The van der Waals surface area contributed by atoms with E-state index in [0.717, 1.165) is 15.5 Å². The van der Waals surface area contributed by atoms with Crippen LogP contribution in [0.15, 0.2) is 76.5 Å². The van der Waals surface area contributed by atoms with Crippen LogP contribution >= 0.6 is 11.8 Å². The molecule has 0 aliphatic heterocycles. The normalized spacial score (nSPS) is 10.3. The van der Waals surface area contributed by atoms with Gasteiger partial charge in [0.1, 0.15) is 5.82 Å². The van der Waals surface area contributed by atoms with E-state index in [1.54, 1.807) is 30.3 Å². The summed E-state index contributed by atoms with van der Waals surface area (Å²) >= 11 is 1.37. The number of rotatable bonds is 5. The molecule has 6 nitrogen and oxygen atoms in total. The van der Waals surface area contributed by atoms with Gasteiger partial charge in [0.15, 0.2) is 0 Å². The van der Waals surface area contributed by atoms with E-state index in [1.807, 2.05) is 31.2 Å². The number of hydrogen-bond acceptors (Lipinski definition) is 5. The Morgan fingerprint density at radius 1 is 1.04 bits per heavy atom. The van der Waals surface area contributed by atoms with Crippen LogP contribution in [0.25, 0.3) is 0 Å². The summed E-state index contributed by atoms with van der Waals surface area (Å²) in [6.07, 6.45) is 0. The van der Waals surface area contributed by atoms with Crippen molar-refractivity contribution in [3.8, 4) is 0 Å². The Bertz CT molecular complexity index is 958. The standard InChI is InChI=1S/C19H15N3O3S/c1-13-5-4-8-18(20-13)21-19(23)16-6-2-3-7-17(16)26-15-11-9-14(10-12-15)22(24)25/h2-12H,1H3,(H,20,21,23). The highest BCUT2D eigenvalue weighted by atomic mass is 32.2. The molecule has 2 aromatic carbocycles. The number of nitrogens with one attached hydrogen (secondary N) is 1. The van der Waals surface area contributed by atoms with Gasteiger partial charge in [-0.1, -0.05) is 30.0 Å². The molecule has 0 saturated carbocycles. The SMILES string of the molecule is Cc1cccc(NC(=O)c2ccccc2Sc2ccc([N+](=O)[O-])cc2)n1. The number of aromatic nitrogens is 1. The molecular weight excluding hydrogens is 350 g/mol. The molecule has 1 heterocycles. The van der Waals surface area contributed by atoms with Gasteiger partial charge in [0.05, 0.1) is 10.5 Å². The van der Waals surface area contributed by atoms with Gasteiger partial charge >= 0.3 is 0 Å². The molecule has 0 aliphatic carbocycles. The molecule has 0 spiro atoms. The molecule has 0 bridgehead atoms. The maximum Gasteiger partial charge on any atom is 0.269 e. The molecule has 0 radical (unpaired) electrons. The van der Waals surface area contributed by atoms with Gasteiger partial charge in [-0.25, -0.2) is 4.98 Å². The van der Waals surface area contributed by atoms with Crippen LogP contribution in [0.4, 0.5) is 11.5 Å². The van der Waals surface area contributed by atoms with Crippen molar-refractivity contribution in [2.75, 3.05) is 5.32 Å². The molecule has 1 aromatic heterocycles. The molecule has 1 N–H and O–H groups in total. The maximum absolute atomic E-state index is 12.6. The third-order valence-electron chi connectivity index (χ3n) is 3.54. The van der Waals surface area contributed by atoms with Crippen LogP contribution in [0, 0.1) is 17.0 Å². The average Bonchev–Trinajstić information content (AvgIpc) is 2.62. The van der Waals surface area contributed by atoms with Crippen LogP contribution in [0.1, 0.15) is 16.1 Å². The maximum atomic E-state index is 12.6. The van der Waals surface area contributed by atoms with Crippen LogP contribution in [0.3, 0.4) is 0 Å². The van der Waals surface area contributed by atoms with E-state index in [-0.39, 0.29) is 11.6 Å². The van der Waals surface area contributed by atoms with Gasteiger partial charge in [-0.05, 0) is 43.3 Å². The summed E-state index contributed by atoms with van der Waals surface area (Å²) in [5, 5.41) is 13.5. The lowest BCUT2D eigenvalue weighted by Gasteiger charge is -2.10. The Labute approximate surface area is 154 Å². The first-order valence-electron chi connectivity index (χ1n) is 7.79. The van der Waals surface area contributed by atoms with Crippen molar-refractivity contribution in [1.29, 1.82) is 0 Å². The fourth-order valence-electron chi connectivity index (χ4n) is 2.30. The predicted octanol–water partition coefficient (Wildman–Crippen LogP) is 4.70. The monoisotopic (exact) mass is 365 g/mol. The molecule has 1 amide bonds. The molecule has 3 rings (SSSR count). The summed E-state index contributed by atoms with van der Waals surface area (Å²) in [6, 6.07) is 18.8. The fraction of sp³-hybridized carbons (Fsp3) is 0.0526. The number of aryl methyl sites for hydroxylation is 1. The Balaban J connectivity index is 1.81. The van der Waals surface area contributed by atoms with Gasteiger partial charge in [0, 0.05) is 27.6 Å². The average molecular weight is 365 g/mol. The Hall–Kier alpha value is -3.19. The third kappa shape index (κ3) is 4.25. The first-order chi connectivity index (χ1) is 12.5. The van der Waals surface area contributed by atoms with Crippen molar-refractivity contribution < 1.29 is 9.72 Å². The molecule has 0 aliphatic rings. The topological polar surface area (TPSA) is 85.1 Å². The number of amides is 1. The zero-order valence-electron chi connectivity index (χ0n) is 13.9. The van der Waals surface area contributed by atoms with Gasteiger partial charge in [-0.3, -0.25) is 14.9 Å². The van der Waals surface area contributed by atoms with Crippen LogP contribution in [0.5, 0.6) is 0 Å². The number of carbonyl (C=O) groups excluding carboxylic acids is 1. The van der Waals surface area contributed by atoms with E-state index in [0.29, 0.717) is 11.4 Å². The zero-order chi connectivity index (χ0) is 18.5. The Kier molecular flexibility index (Phi) is 5.28. The quantitative estimate of drug-likeness (QED) is 0.523. The minimum atomic E-state index is -0.440. The van der Waals surface area contributed by atoms with Crippen molar-refractivity contribution in [2.45, 2.75) is 16.7 Å². The van der Waals surface area contributed by atoms with Crippen molar-refractivity contribution in [3.63, 3.8) is 0 Å². The number of carbonyl (C=O) groups is 1. The van der Waals surface area contributed by atoms with Crippen molar-refractivity contribution >= 4 is 29.2 Å². The molecule has 0 unspecified atom stereocenters. The highest BCUT2D eigenvalue weighted by Gasteiger charge is 2.13. The molecule has 0 atom stereocenters. The number of benzene rings is 2. The van der Waals surface area contributed by atoms with Crippen LogP contribution < -0.4 is 5.32 Å². The summed E-state index contributed by atoms with van der Waals surface area (Å²) in [4.78, 5) is 28.8. The molecule has 0 fully saturated rings. The molecule has 7 heteroatoms. The molecule has 26 heavy (non-hydrogen) atoms. The lowest BCUT2D eigenvalue weighted by atomic mass is 10.2. The fourth-order valence-corrected chi connectivity index (χ4v) is 3.25. The summed E-state index contributed by atoms with van der Waals surface area (Å²) in [7, 11) is 0. The number of nitro groups is 1. The minimum Gasteiger partial charge on any atom is -0.307 e. The second-order valence-electron chi connectivity index (χ2n) is 5.47. The van der Waals surface area contributed by atoms with Crippen LogP contribution in [-0.4, -0.2) is 15.8 Å². The number of pyridine rings is 1. The highest BCUT2D eigenvalue weighted by Crippen LogP contribution is 2.31. The first-order valence-corrected chi connectivity index (χ1v) is 8.61. The van der Waals surface area contributed by atoms with E-state index < -0.39 is 4.92 Å². The number of nitro benzene ring substituents is 1. The van der Waals surface area contributed by atoms with Crippen molar-refractivity contribution in [1.82, 2.24) is 4.98 Å². The highest BCUT2D eigenvalue weighted by molar-refractivity contribution is 7.99. The third-order valence-corrected chi connectivity index (χ3v) is 4.62. The Morgan fingerprint density at radius 2 is 1.77 bits per heavy atom. The number of nitrogens with zero attached hydrogens (tertiary/aromatic N) is 2. The van der Waals surface area contributed by atoms with Crippen LogP contribution in [-0.2, 0) is 0 Å². The van der Waals surface area contributed by atoms with Gasteiger partial charge in [-0.2, -0.15) is 0 Å². The van der Waals surface area contributed by atoms with E-state index >= 15 is 0 Å². The van der Waals surface area contributed by atoms with E-state index in [4.69, 9.17) is 0 Å². The summed E-state index contributed by atoms with van der Waals surface area (Å²) in [5.41, 5.74) is 1.36. The summed E-state index contributed by atoms with van der Waals surface area (Å²) in [5.74, 6) is 0.234. The van der Waals surface area contributed by atoms with Crippen LogP contribution in [0.2, 0.25) is 0 Å². The first kappa shape index (κ1) is 17.6. The van der Waals surface area contributed by atoms with Gasteiger partial charge in [-0.15, -0.1) is 0 Å². The molecule has 3 aromatic rings. The Morgan fingerprint density at radius 3 is 2.46 bits per heavy atom. The van der Waals surface area contributed by atoms with Gasteiger partial charge in [0.25, 0.3) is 11.6 Å². The van der Waals surface area contributed by atoms with Gasteiger partial charge < -0.3 is 5.32 Å². The second-order valence-corrected chi connectivity index (χ2v) is 6.58. The largest absolute Gasteiger partial charge is 0.307 e. The molecule has 130 valence electrons. The van der Waals surface area contributed by atoms with E-state index in [9.17, 15) is 14.9 Å². The smallest absolute Gasteiger partial charge is 0.269 e. The predicted molar refractivity (Wildman–Crippen MR) is 101 cm³/mol. The number of non-ortho nitro benzene ring substituents is 1. The van der Waals surface area contributed by atoms with E-state index in [2.05, 4.69) is 10.3 Å². The second kappa shape index (κ2) is 7.79. The lowest BCUT2D eigenvalue weighted by molar-refractivity contribution is -0.384.